The first kappa shape index (κ1) is 13.3. The Morgan fingerprint density at radius 1 is 1.42 bits per heavy atom. The average molecular weight is 258 g/mol. The van der Waals surface area contributed by atoms with Crippen molar-refractivity contribution >= 4 is 5.91 Å². The minimum absolute atomic E-state index is 0.338. The maximum Gasteiger partial charge on any atom is 0.248 e. The van der Waals surface area contributed by atoms with E-state index in [0.717, 1.165) is 18.7 Å². The van der Waals surface area contributed by atoms with E-state index in [2.05, 4.69) is 17.2 Å². The third-order valence-electron chi connectivity index (χ3n) is 2.94. The number of carbonyl (C=O) groups is 1. The summed E-state index contributed by atoms with van der Waals surface area (Å²) in [6.07, 6.45) is 5.52. The quantitative estimate of drug-likeness (QED) is 0.816. The van der Waals surface area contributed by atoms with Crippen molar-refractivity contribution in [3.8, 4) is 0 Å². The molecule has 0 aliphatic carbocycles. The van der Waals surface area contributed by atoms with Gasteiger partial charge in [0.2, 0.25) is 5.91 Å². The van der Waals surface area contributed by atoms with Gasteiger partial charge in [0.15, 0.2) is 0 Å². The van der Waals surface area contributed by atoms with Gasteiger partial charge in [0.1, 0.15) is 0 Å². The molecule has 0 fully saturated rings. The van der Waals surface area contributed by atoms with Crippen molar-refractivity contribution in [3.63, 3.8) is 0 Å². The van der Waals surface area contributed by atoms with E-state index >= 15 is 0 Å². The third kappa shape index (κ3) is 3.93. The van der Waals surface area contributed by atoms with Crippen LogP contribution >= 0.6 is 0 Å². The number of primary amides is 1. The molecule has 0 bridgehead atoms. The molecule has 1 heterocycles. The lowest BCUT2D eigenvalue weighted by atomic mass is 10.1. The summed E-state index contributed by atoms with van der Waals surface area (Å²) in [5.74, 6) is -0.395. The Hall–Kier alpha value is -2.14. The molecule has 0 aliphatic heterocycles. The van der Waals surface area contributed by atoms with Gasteiger partial charge in [-0.3, -0.25) is 4.79 Å². The minimum atomic E-state index is -0.395. The number of benzene rings is 1. The zero-order valence-electron chi connectivity index (χ0n) is 10.9. The first-order valence-corrected chi connectivity index (χ1v) is 6.23. The first-order chi connectivity index (χ1) is 9.15. The molecule has 0 aliphatic rings. The lowest BCUT2D eigenvalue weighted by molar-refractivity contribution is 0.100. The van der Waals surface area contributed by atoms with E-state index < -0.39 is 5.91 Å². The highest BCUT2D eigenvalue weighted by Crippen LogP contribution is 2.04. The molecule has 5 nitrogen and oxygen atoms in total. The summed E-state index contributed by atoms with van der Waals surface area (Å²) in [6, 6.07) is 7.67. The Balaban J connectivity index is 1.83. The van der Waals surface area contributed by atoms with Crippen molar-refractivity contribution in [2.45, 2.75) is 26.1 Å². The summed E-state index contributed by atoms with van der Waals surface area (Å²) < 4.78 is 2.04. The highest BCUT2D eigenvalue weighted by atomic mass is 16.1. The van der Waals surface area contributed by atoms with Crippen LogP contribution < -0.4 is 11.1 Å². The lowest BCUT2D eigenvalue weighted by Gasteiger charge is -2.14. The highest BCUT2D eigenvalue weighted by Gasteiger charge is 2.03. The van der Waals surface area contributed by atoms with E-state index in [1.165, 1.54) is 0 Å². The molecule has 1 aromatic carbocycles. The molecule has 0 radical (unpaired) electrons. The number of rotatable bonds is 6. The van der Waals surface area contributed by atoms with E-state index in [9.17, 15) is 4.79 Å². The van der Waals surface area contributed by atoms with Gasteiger partial charge in [-0.1, -0.05) is 12.1 Å². The zero-order valence-corrected chi connectivity index (χ0v) is 10.9. The Bertz CT molecular complexity index is 519. The molecule has 2 aromatic rings. The van der Waals surface area contributed by atoms with Crippen LogP contribution in [0.15, 0.2) is 43.0 Å². The normalized spacial score (nSPS) is 12.3. The molecule has 100 valence electrons. The average Bonchev–Trinajstić information content (AvgIpc) is 2.89. The molecule has 0 saturated heterocycles. The number of hydrogen-bond acceptors (Lipinski definition) is 3. The van der Waals surface area contributed by atoms with Crippen LogP contribution in [0.4, 0.5) is 0 Å². The number of hydrogen-bond donors (Lipinski definition) is 2. The number of amides is 1. The van der Waals surface area contributed by atoms with E-state index in [1.54, 1.807) is 24.7 Å². The largest absolute Gasteiger partial charge is 0.366 e. The number of carbonyl (C=O) groups excluding carboxylic acids is 1. The maximum absolute atomic E-state index is 11.0. The van der Waals surface area contributed by atoms with E-state index in [4.69, 9.17) is 5.73 Å². The van der Waals surface area contributed by atoms with Crippen LogP contribution in [0.25, 0.3) is 0 Å². The van der Waals surface area contributed by atoms with Crippen LogP contribution in [-0.2, 0) is 13.1 Å². The second kappa shape index (κ2) is 6.15. The molecule has 3 N–H and O–H groups in total. The van der Waals surface area contributed by atoms with Crippen LogP contribution in [0, 0.1) is 0 Å². The van der Waals surface area contributed by atoms with Gasteiger partial charge in [-0.25, -0.2) is 4.98 Å². The van der Waals surface area contributed by atoms with Crippen molar-refractivity contribution in [1.82, 2.24) is 14.9 Å². The van der Waals surface area contributed by atoms with Crippen molar-refractivity contribution in [3.05, 3.63) is 54.1 Å². The Morgan fingerprint density at radius 3 is 2.74 bits per heavy atom. The topological polar surface area (TPSA) is 72.9 Å². The number of nitrogens with two attached hydrogens (primary N) is 1. The smallest absolute Gasteiger partial charge is 0.248 e. The summed E-state index contributed by atoms with van der Waals surface area (Å²) in [5, 5.41) is 3.42. The molecule has 0 saturated carbocycles. The van der Waals surface area contributed by atoms with Gasteiger partial charge in [-0.2, -0.15) is 0 Å². The SMILES string of the molecule is CC(Cn1ccnc1)NCc1ccc(C(N)=O)cc1. The van der Waals surface area contributed by atoms with Crippen molar-refractivity contribution < 1.29 is 4.79 Å². The second-order valence-electron chi connectivity index (χ2n) is 4.60. The van der Waals surface area contributed by atoms with Crippen LogP contribution in [0.3, 0.4) is 0 Å². The third-order valence-corrected chi connectivity index (χ3v) is 2.94. The molecule has 19 heavy (non-hydrogen) atoms. The first-order valence-electron chi connectivity index (χ1n) is 6.23. The predicted molar refractivity (Wildman–Crippen MR) is 73.5 cm³/mol. The highest BCUT2D eigenvalue weighted by molar-refractivity contribution is 5.92. The van der Waals surface area contributed by atoms with Gasteiger partial charge in [-0.15, -0.1) is 0 Å². The molecule has 1 aromatic heterocycles. The molecule has 0 spiro atoms. The van der Waals surface area contributed by atoms with Crippen LogP contribution in [0.1, 0.15) is 22.8 Å². The van der Waals surface area contributed by atoms with Gasteiger partial charge in [0.25, 0.3) is 0 Å². The minimum Gasteiger partial charge on any atom is -0.366 e. The molecule has 1 unspecified atom stereocenters. The standard InChI is InChI=1S/C14H18N4O/c1-11(9-18-7-6-16-10-18)17-8-12-2-4-13(5-3-12)14(15)19/h2-7,10-11,17H,8-9H2,1H3,(H2,15,19). The summed E-state index contributed by atoms with van der Waals surface area (Å²) in [5.41, 5.74) is 6.86. The van der Waals surface area contributed by atoms with Gasteiger partial charge < -0.3 is 15.6 Å². The van der Waals surface area contributed by atoms with Gasteiger partial charge in [-0.05, 0) is 24.6 Å². The molecular formula is C14H18N4O. The van der Waals surface area contributed by atoms with Crippen LogP contribution in [0.5, 0.6) is 0 Å². The van der Waals surface area contributed by atoms with Gasteiger partial charge >= 0.3 is 0 Å². The van der Waals surface area contributed by atoms with E-state index in [1.807, 2.05) is 22.9 Å². The second-order valence-corrected chi connectivity index (χ2v) is 4.60. The van der Waals surface area contributed by atoms with Crippen LogP contribution in [0.2, 0.25) is 0 Å². The fourth-order valence-electron chi connectivity index (χ4n) is 1.85. The van der Waals surface area contributed by atoms with Gasteiger partial charge in [0, 0.05) is 37.1 Å². The number of nitrogens with zero attached hydrogens (tertiary/aromatic N) is 2. The van der Waals surface area contributed by atoms with Crippen molar-refractivity contribution in [1.29, 1.82) is 0 Å². The fourth-order valence-corrected chi connectivity index (χ4v) is 1.85. The van der Waals surface area contributed by atoms with E-state index in [-0.39, 0.29) is 0 Å². The van der Waals surface area contributed by atoms with Gasteiger partial charge in [0.05, 0.1) is 6.33 Å². The number of nitrogens with one attached hydrogen (secondary N) is 1. The summed E-state index contributed by atoms with van der Waals surface area (Å²) in [6.45, 7) is 3.76. The number of imidazole rings is 1. The summed E-state index contributed by atoms with van der Waals surface area (Å²) in [4.78, 5) is 15.0. The fraction of sp³-hybridized carbons (Fsp3) is 0.286. The van der Waals surface area contributed by atoms with Crippen molar-refractivity contribution in [2.24, 2.45) is 5.73 Å². The van der Waals surface area contributed by atoms with Crippen molar-refractivity contribution in [2.75, 3.05) is 0 Å². The monoisotopic (exact) mass is 258 g/mol. The zero-order chi connectivity index (χ0) is 13.7. The predicted octanol–water partition coefficient (Wildman–Crippen LogP) is 1.16. The molecule has 1 atom stereocenters. The van der Waals surface area contributed by atoms with E-state index in [0.29, 0.717) is 11.6 Å². The molecule has 5 heteroatoms. The summed E-state index contributed by atoms with van der Waals surface area (Å²) >= 11 is 0. The Morgan fingerprint density at radius 2 is 2.16 bits per heavy atom. The lowest BCUT2D eigenvalue weighted by Crippen LogP contribution is -2.29. The summed E-state index contributed by atoms with van der Waals surface area (Å²) in [7, 11) is 0. The Kier molecular flexibility index (Phi) is 4.30. The maximum atomic E-state index is 11.0. The molecular weight excluding hydrogens is 240 g/mol. The Labute approximate surface area is 112 Å². The molecule has 2 rings (SSSR count). The number of aromatic nitrogens is 2. The van der Waals surface area contributed by atoms with Crippen LogP contribution in [-0.4, -0.2) is 21.5 Å². The molecule has 1 amide bonds.